The Morgan fingerprint density at radius 1 is 1.50 bits per heavy atom. The molecule has 1 radical (unpaired) electrons. The van der Waals surface area contributed by atoms with Gasteiger partial charge in [0.05, 0.1) is 0 Å². The average molecular weight is 138 g/mol. The van der Waals surface area contributed by atoms with Crippen molar-refractivity contribution in [1.29, 1.82) is 0 Å². The predicted molar refractivity (Wildman–Crippen MR) is 44.8 cm³/mol. The molecule has 0 saturated carbocycles. The summed E-state index contributed by atoms with van der Waals surface area (Å²) in [7, 11) is 0. The molecule has 0 spiro atoms. The Morgan fingerprint density at radius 3 is 3.00 bits per heavy atom. The third kappa shape index (κ3) is 2.53. The van der Waals surface area contributed by atoms with Crippen molar-refractivity contribution in [2.24, 2.45) is 0 Å². The highest BCUT2D eigenvalue weighted by atomic mass is 14.9. The maximum atomic E-state index is 3.82. The van der Waals surface area contributed by atoms with E-state index >= 15 is 0 Å². The molecule has 1 N–H and O–H groups in total. The van der Waals surface area contributed by atoms with Gasteiger partial charge in [-0.25, -0.2) is 0 Å². The highest BCUT2D eigenvalue weighted by Gasteiger charge is 2.06. The Kier molecular flexibility index (Phi) is 3.52. The molecule has 0 saturated heterocycles. The summed E-state index contributed by atoms with van der Waals surface area (Å²) in [6.45, 7) is 4.88. The van der Waals surface area contributed by atoms with Crippen molar-refractivity contribution in [3.05, 3.63) is 19.1 Å². The van der Waals surface area contributed by atoms with Gasteiger partial charge in [0, 0.05) is 12.6 Å². The summed E-state index contributed by atoms with van der Waals surface area (Å²) in [5, 5.41) is 3.44. The molecule has 10 heavy (non-hydrogen) atoms. The molecule has 0 amide bonds. The fourth-order valence-electron chi connectivity index (χ4n) is 1.27. The molecule has 1 rings (SSSR count). The van der Waals surface area contributed by atoms with Crippen LogP contribution in [0.15, 0.2) is 12.2 Å². The molecule has 1 heteroatoms. The van der Waals surface area contributed by atoms with Crippen LogP contribution in [-0.2, 0) is 0 Å². The smallest absolute Gasteiger partial charge is 0.0137 e. The van der Waals surface area contributed by atoms with Crippen molar-refractivity contribution in [2.75, 3.05) is 6.54 Å². The van der Waals surface area contributed by atoms with Crippen LogP contribution < -0.4 is 5.32 Å². The predicted octanol–water partition coefficient (Wildman–Crippen LogP) is 1.91. The first-order valence-corrected chi connectivity index (χ1v) is 4.11. The lowest BCUT2D eigenvalue weighted by molar-refractivity contribution is 0.480. The Morgan fingerprint density at radius 2 is 2.40 bits per heavy atom. The first kappa shape index (κ1) is 7.80. The van der Waals surface area contributed by atoms with Crippen LogP contribution in [0.25, 0.3) is 0 Å². The van der Waals surface area contributed by atoms with Crippen LogP contribution in [0.2, 0.25) is 0 Å². The topological polar surface area (TPSA) is 12.0 Å². The van der Waals surface area contributed by atoms with Gasteiger partial charge in [-0.05, 0) is 12.8 Å². The minimum absolute atomic E-state index is 0.728. The summed E-state index contributed by atoms with van der Waals surface area (Å²) in [5.74, 6) is 0. The van der Waals surface area contributed by atoms with Gasteiger partial charge in [-0.2, -0.15) is 0 Å². The number of rotatable bonds is 3. The van der Waals surface area contributed by atoms with Gasteiger partial charge in [-0.3, -0.25) is 0 Å². The van der Waals surface area contributed by atoms with E-state index in [9.17, 15) is 0 Å². The van der Waals surface area contributed by atoms with Gasteiger partial charge in [-0.15, -0.1) is 0 Å². The van der Waals surface area contributed by atoms with E-state index in [0.717, 1.165) is 19.0 Å². The van der Waals surface area contributed by atoms with Crippen molar-refractivity contribution in [3.8, 4) is 0 Å². The van der Waals surface area contributed by atoms with Crippen LogP contribution in [0.5, 0.6) is 0 Å². The third-order valence-electron chi connectivity index (χ3n) is 1.91. The van der Waals surface area contributed by atoms with Gasteiger partial charge in [0.25, 0.3) is 0 Å². The summed E-state index contributed by atoms with van der Waals surface area (Å²) in [4.78, 5) is 0. The third-order valence-corrected chi connectivity index (χ3v) is 1.91. The van der Waals surface area contributed by atoms with E-state index in [4.69, 9.17) is 0 Å². The van der Waals surface area contributed by atoms with Crippen molar-refractivity contribution in [1.82, 2.24) is 5.32 Å². The zero-order valence-electron chi connectivity index (χ0n) is 6.47. The summed E-state index contributed by atoms with van der Waals surface area (Å²) < 4.78 is 0. The normalized spacial score (nSPS) is 25.1. The Bertz CT molecular complexity index is 107. The first-order chi connectivity index (χ1) is 4.93. The van der Waals surface area contributed by atoms with Crippen LogP contribution in [0.4, 0.5) is 0 Å². The molecular formula is C9H16N. The molecular weight excluding hydrogens is 122 g/mol. The fraction of sp³-hybridized carbons (Fsp3) is 0.667. The molecule has 1 aliphatic rings. The maximum Gasteiger partial charge on any atom is 0.0137 e. The van der Waals surface area contributed by atoms with Crippen LogP contribution in [0.1, 0.15) is 25.7 Å². The molecule has 1 nitrogen and oxygen atoms in total. The van der Waals surface area contributed by atoms with E-state index in [1.54, 1.807) is 0 Å². The molecule has 0 aromatic heterocycles. The van der Waals surface area contributed by atoms with Crippen molar-refractivity contribution in [2.45, 2.75) is 31.7 Å². The van der Waals surface area contributed by atoms with E-state index in [2.05, 4.69) is 24.4 Å². The Labute approximate surface area is 63.5 Å². The quantitative estimate of drug-likeness (QED) is 0.587. The Hall–Kier alpha value is -0.300. The molecule has 0 fully saturated rings. The monoisotopic (exact) mass is 138 g/mol. The van der Waals surface area contributed by atoms with E-state index in [0.29, 0.717) is 0 Å². The van der Waals surface area contributed by atoms with Gasteiger partial charge in [0.15, 0.2) is 0 Å². The molecule has 0 aliphatic carbocycles. The largest absolute Gasteiger partial charge is 0.310 e. The summed E-state index contributed by atoms with van der Waals surface area (Å²) in [5.41, 5.74) is 0. The zero-order chi connectivity index (χ0) is 7.23. The SMILES string of the molecule is [CH2]CCCC1CC=CCN1. The van der Waals surface area contributed by atoms with Gasteiger partial charge < -0.3 is 5.32 Å². The number of unbranched alkanes of at least 4 members (excludes halogenated alkanes) is 1. The minimum atomic E-state index is 0.728. The second kappa shape index (κ2) is 4.51. The number of hydrogen-bond acceptors (Lipinski definition) is 1. The van der Waals surface area contributed by atoms with Crippen LogP contribution in [-0.4, -0.2) is 12.6 Å². The molecule has 1 atom stereocenters. The van der Waals surface area contributed by atoms with Gasteiger partial charge in [-0.1, -0.05) is 31.9 Å². The molecule has 1 unspecified atom stereocenters. The molecule has 1 heterocycles. The van der Waals surface area contributed by atoms with E-state index < -0.39 is 0 Å². The Balaban J connectivity index is 2.10. The summed E-state index contributed by atoms with van der Waals surface area (Å²) >= 11 is 0. The van der Waals surface area contributed by atoms with Gasteiger partial charge >= 0.3 is 0 Å². The maximum absolute atomic E-state index is 3.82. The standard InChI is InChI=1S/C9H16N/c1-2-3-6-9-7-4-5-8-10-9/h4-5,9-10H,1-3,6-8H2. The summed E-state index contributed by atoms with van der Waals surface area (Å²) in [6, 6.07) is 0.728. The van der Waals surface area contributed by atoms with Crippen LogP contribution in [0, 0.1) is 6.92 Å². The van der Waals surface area contributed by atoms with Crippen LogP contribution in [0.3, 0.4) is 0 Å². The van der Waals surface area contributed by atoms with E-state index in [1.807, 2.05) is 0 Å². The zero-order valence-corrected chi connectivity index (χ0v) is 6.47. The van der Waals surface area contributed by atoms with Crippen molar-refractivity contribution >= 4 is 0 Å². The van der Waals surface area contributed by atoms with Gasteiger partial charge in [0.2, 0.25) is 0 Å². The van der Waals surface area contributed by atoms with E-state index in [-0.39, 0.29) is 0 Å². The van der Waals surface area contributed by atoms with Crippen molar-refractivity contribution in [3.63, 3.8) is 0 Å². The second-order valence-corrected chi connectivity index (χ2v) is 2.81. The molecule has 0 aromatic rings. The highest BCUT2D eigenvalue weighted by Crippen LogP contribution is 2.07. The number of hydrogen-bond donors (Lipinski definition) is 1. The lowest BCUT2D eigenvalue weighted by Crippen LogP contribution is -2.31. The lowest BCUT2D eigenvalue weighted by atomic mass is 10.0. The first-order valence-electron chi connectivity index (χ1n) is 4.11. The minimum Gasteiger partial charge on any atom is -0.310 e. The number of nitrogens with one attached hydrogen (secondary N) is 1. The summed E-state index contributed by atoms with van der Waals surface area (Å²) in [6.07, 6.45) is 9.28. The lowest BCUT2D eigenvalue weighted by Gasteiger charge is -2.18. The van der Waals surface area contributed by atoms with Gasteiger partial charge in [0.1, 0.15) is 0 Å². The average Bonchev–Trinajstić information content (AvgIpc) is 2.03. The molecule has 57 valence electrons. The van der Waals surface area contributed by atoms with E-state index in [1.165, 1.54) is 19.3 Å². The van der Waals surface area contributed by atoms with Crippen LogP contribution >= 0.6 is 0 Å². The fourth-order valence-corrected chi connectivity index (χ4v) is 1.27. The molecule has 0 aromatic carbocycles. The highest BCUT2D eigenvalue weighted by molar-refractivity contribution is 4.93. The second-order valence-electron chi connectivity index (χ2n) is 2.81. The van der Waals surface area contributed by atoms with Crippen molar-refractivity contribution < 1.29 is 0 Å². The molecule has 1 aliphatic heterocycles. The molecule has 0 bridgehead atoms.